The van der Waals surface area contributed by atoms with Crippen LogP contribution in [0, 0.1) is 83.9 Å². The van der Waals surface area contributed by atoms with Gasteiger partial charge in [0.25, 0.3) is 5.91 Å². The second-order valence-corrected chi connectivity index (χ2v) is 26.9. The van der Waals surface area contributed by atoms with E-state index in [1.165, 1.54) is 52.8 Å². The topological polar surface area (TPSA) is 530 Å². The lowest BCUT2D eigenvalue weighted by atomic mass is 10.1. The van der Waals surface area contributed by atoms with E-state index in [0.29, 0.717) is 43.7 Å². The number of hydrogen-bond acceptors (Lipinski definition) is 27. The van der Waals surface area contributed by atoms with E-state index >= 15 is 0 Å². The molecule has 5 amide bonds. The molecule has 4 aromatic carbocycles. The zero-order valence-corrected chi connectivity index (χ0v) is 64.2. The standard InChI is InChI=1S/C19H19FN6O2S.C19H17FN6OS.C15H12BrFN4O.C8H11N3O.C7H2BrF2N.C4H6N2S.H2O2/c1-10-6-17(29-26-10)25-14-9-15(13(20)8-12(14)18(21)27)24-16(19(22)28)7-11-4-2-3-5-23-11;1-11-6-18(28-26-11)25-15-9-16(14(20)7-12(15)10-21)24-17(19(22)27)8-13-4-2-3-5-23-13;16-11-7-13(12(17)5-9(11)8-18)21-14(15(19)22)6-10-3-1-2-4-20-10;9-7(8(10)12)5-6-3-1-2-4-11-6;8-5-2-7(10)6(9)1-4(5)3-11;1-3-2-4(5)7-6-3;1-2/h2-6,8-9,16,24-25H,7H2,1H3,(H2,21,27)(H2,22,28);2-7,9,17,24-25H,8H2,1H3,(H2,22,27);1-5,7,14,21H,6H2,(H2,19,22);1-4,7H,5,9H2,(H2,10,12);1-2H;2H,5H2,1H3;1-2H/t16-;17-;14-;7-;;;/m1111.../s1. The number of aromatic nitrogens is 7. The number of nitrogen functional groups attached to an aromatic ring is 1. The van der Waals surface area contributed by atoms with E-state index in [9.17, 15) is 51.2 Å². The molecule has 111 heavy (non-hydrogen) atoms. The highest BCUT2D eigenvalue weighted by molar-refractivity contribution is 9.10. The molecule has 0 saturated heterocycles. The number of anilines is 8. The Kier molecular flexibility index (Phi) is 36.4. The molecule has 576 valence electrons. The third kappa shape index (κ3) is 29.9. The van der Waals surface area contributed by atoms with Gasteiger partial charge in [-0.1, -0.05) is 24.3 Å². The second-order valence-electron chi connectivity index (χ2n) is 22.7. The molecule has 0 aliphatic rings. The molecule has 39 heteroatoms. The van der Waals surface area contributed by atoms with Crippen molar-refractivity contribution < 1.29 is 56.4 Å². The molecular weight excluding hydrogens is 1640 g/mol. The quantitative estimate of drug-likeness (QED) is 0.0122. The monoisotopic (exact) mass is 1700 g/mol. The van der Waals surface area contributed by atoms with E-state index in [1.807, 2.05) is 57.2 Å². The first-order chi connectivity index (χ1) is 52.9. The van der Waals surface area contributed by atoms with E-state index in [2.05, 4.69) is 91.5 Å². The van der Waals surface area contributed by atoms with Crippen LogP contribution in [0.4, 0.5) is 65.4 Å². The molecule has 7 aromatic heterocycles. The Labute approximate surface area is 660 Å². The van der Waals surface area contributed by atoms with Crippen LogP contribution in [0.25, 0.3) is 0 Å². The number of hydrogen-bond donors (Lipinski definition) is 14. The Morgan fingerprint density at radius 2 is 0.784 bits per heavy atom. The first kappa shape index (κ1) is 89.1. The molecular formula is C72H69Br2F5N22O7S3. The molecule has 0 bridgehead atoms. The number of nitriles is 3. The summed E-state index contributed by atoms with van der Waals surface area (Å²) in [6, 6.07) is 38.3. The van der Waals surface area contributed by atoms with Crippen LogP contribution in [0.15, 0.2) is 173 Å². The van der Waals surface area contributed by atoms with Crippen LogP contribution in [-0.4, -0.2) is 97.3 Å². The summed E-state index contributed by atoms with van der Waals surface area (Å²) in [4.78, 5) is 74.1. The van der Waals surface area contributed by atoms with Crippen LogP contribution in [-0.2, 0) is 44.9 Å². The molecule has 0 unspecified atom stereocenters. The number of carbonyl (C=O) groups excluding carboxylic acids is 5. The van der Waals surface area contributed by atoms with Gasteiger partial charge in [-0.2, -0.15) is 28.9 Å². The summed E-state index contributed by atoms with van der Waals surface area (Å²) in [6.45, 7) is 5.59. The summed E-state index contributed by atoms with van der Waals surface area (Å²) in [5.41, 5.74) is 44.0. The second kappa shape index (κ2) is 45.3. The van der Waals surface area contributed by atoms with Gasteiger partial charge >= 0.3 is 0 Å². The van der Waals surface area contributed by atoms with Gasteiger partial charge in [0.1, 0.15) is 68.8 Å². The Morgan fingerprint density at radius 3 is 1.12 bits per heavy atom. The third-order valence-electron chi connectivity index (χ3n) is 14.3. The molecule has 21 N–H and O–H groups in total. The van der Waals surface area contributed by atoms with Crippen LogP contribution < -0.4 is 66.7 Å². The van der Waals surface area contributed by atoms with E-state index in [1.54, 1.807) is 97.6 Å². The number of amides is 5. The zero-order valence-electron chi connectivity index (χ0n) is 58.5. The van der Waals surface area contributed by atoms with Crippen molar-refractivity contribution in [2.45, 2.75) is 70.6 Å². The summed E-state index contributed by atoms with van der Waals surface area (Å²) in [5.74, 6) is -7.21. The lowest BCUT2D eigenvalue weighted by Crippen LogP contribution is -2.38. The predicted octanol–water partition coefficient (Wildman–Crippen LogP) is 10.9. The number of halogens is 7. The fourth-order valence-electron chi connectivity index (χ4n) is 8.98. The highest BCUT2D eigenvalue weighted by atomic mass is 79.9. The van der Waals surface area contributed by atoms with Gasteiger partial charge in [0.15, 0.2) is 11.6 Å². The average molecular weight is 1710 g/mol. The Hall–Kier alpha value is -12.5. The SMILES string of the molecule is Cc1cc(N)sn1.Cc1cc(Nc2cc(N[C@H](Cc3ccccn3)C(N)=O)c(F)cc2C#N)sn1.Cc1cc(Nc2cc(N[C@H](Cc3ccccn3)C(N)=O)c(F)cc2C(N)=O)sn1.N#Cc1cc(F)c(F)cc1Br.N#Cc1cc(F)c(N[C@H](Cc2ccccn2)C(N)=O)cc1Br.NC(=O)[C@H](N)Cc1ccccn1.OO. The van der Waals surface area contributed by atoms with Crippen LogP contribution in [0.2, 0.25) is 0 Å². The number of nitrogens with two attached hydrogens (primary N) is 7. The van der Waals surface area contributed by atoms with Gasteiger partial charge in [-0.25, -0.2) is 22.0 Å². The van der Waals surface area contributed by atoms with Gasteiger partial charge in [-0.15, -0.1) is 0 Å². The normalized spacial score (nSPS) is 11.1. The van der Waals surface area contributed by atoms with Crippen LogP contribution in [0.3, 0.4) is 0 Å². The largest absolute Gasteiger partial charge is 0.389 e. The summed E-state index contributed by atoms with van der Waals surface area (Å²) in [6.07, 6.45) is 7.46. The fraction of sp³-hybridized carbons (Fsp3) is 0.153. The number of aryl methyl sites for hydroxylation is 3. The van der Waals surface area contributed by atoms with Crippen molar-refractivity contribution >= 4 is 139 Å². The van der Waals surface area contributed by atoms with Crippen molar-refractivity contribution in [2.75, 3.05) is 32.3 Å². The van der Waals surface area contributed by atoms with E-state index in [4.69, 9.17) is 61.2 Å². The van der Waals surface area contributed by atoms with E-state index in [-0.39, 0.29) is 68.7 Å². The molecule has 4 atom stereocenters. The number of rotatable bonds is 23. The van der Waals surface area contributed by atoms with Crippen LogP contribution >= 0.6 is 66.5 Å². The van der Waals surface area contributed by atoms with Crippen molar-refractivity contribution in [3.8, 4) is 18.2 Å². The maximum Gasteiger partial charge on any atom is 0.250 e. The number of nitrogens with zero attached hydrogens (tertiary/aromatic N) is 10. The lowest BCUT2D eigenvalue weighted by molar-refractivity contribution is -0.176. The maximum atomic E-state index is 14.6. The molecule has 11 aromatic rings. The minimum atomic E-state index is -1.01. The molecule has 0 aliphatic heterocycles. The number of carbonyl (C=O) groups is 5. The van der Waals surface area contributed by atoms with Gasteiger partial charge in [0.2, 0.25) is 23.6 Å². The zero-order chi connectivity index (χ0) is 81.9. The lowest BCUT2D eigenvalue weighted by Gasteiger charge is -2.19. The molecule has 7 heterocycles. The average Bonchev–Trinajstić information content (AvgIpc) is 1.73. The van der Waals surface area contributed by atoms with Crippen molar-refractivity contribution in [3.05, 3.63) is 264 Å². The Bertz CT molecular complexity index is 5050. The van der Waals surface area contributed by atoms with Crippen molar-refractivity contribution in [3.63, 3.8) is 0 Å². The van der Waals surface area contributed by atoms with Gasteiger partial charge in [0, 0.05) is 82.2 Å². The first-order valence-electron chi connectivity index (χ1n) is 31.9. The van der Waals surface area contributed by atoms with Gasteiger partial charge in [-0.3, -0.25) is 54.4 Å². The number of benzene rings is 4. The van der Waals surface area contributed by atoms with Gasteiger partial charge in [-0.05, 0) is 202 Å². The minimum absolute atomic E-state index is 0.00142. The Morgan fingerprint density at radius 1 is 0.441 bits per heavy atom. The predicted molar refractivity (Wildman–Crippen MR) is 419 cm³/mol. The van der Waals surface area contributed by atoms with Gasteiger partial charge < -0.3 is 66.7 Å². The molecule has 0 aliphatic carbocycles. The number of primary amides is 5. The Balaban J connectivity index is 0.000000250. The summed E-state index contributed by atoms with van der Waals surface area (Å²) >= 11 is 9.83. The van der Waals surface area contributed by atoms with Crippen molar-refractivity contribution in [2.24, 2.45) is 34.4 Å². The molecule has 0 spiro atoms. The summed E-state index contributed by atoms with van der Waals surface area (Å²) in [5, 5.41) is 55.1. The first-order valence-corrected chi connectivity index (χ1v) is 35.8. The minimum Gasteiger partial charge on any atom is -0.389 e. The summed E-state index contributed by atoms with van der Waals surface area (Å²) < 4.78 is 80.8. The molecule has 0 fully saturated rings. The fourth-order valence-corrected chi connectivity index (χ4v) is 11.7. The summed E-state index contributed by atoms with van der Waals surface area (Å²) in [7, 11) is 0. The highest BCUT2D eigenvalue weighted by Crippen LogP contribution is 2.33. The highest BCUT2D eigenvalue weighted by Gasteiger charge is 2.24. The van der Waals surface area contributed by atoms with E-state index in [0.717, 1.165) is 58.1 Å². The molecule has 11 rings (SSSR count). The van der Waals surface area contributed by atoms with Crippen molar-refractivity contribution in [1.82, 2.24) is 33.1 Å². The molecule has 0 radical (unpaired) electrons. The smallest absolute Gasteiger partial charge is 0.250 e. The molecule has 29 nitrogen and oxygen atoms in total. The third-order valence-corrected chi connectivity index (χ3v) is 17.9. The van der Waals surface area contributed by atoms with Crippen LogP contribution in [0.5, 0.6) is 0 Å². The maximum absolute atomic E-state index is 14.6. The van der Waals surface area contributed by atoms with E-state index < -0.39 is 82.8 Å². The number of nitrogens with one attached hydrogen (secondary N) is 5. The number of pyridine rings is 4. The van der Waals surface area contributed by atoms with Gasteiger partial charge in [0.05, 0.1) is 73.8 Å². The molecule has 0 saturated carbocycles. The van der Waals surface area contributed by atoms with Crippen molar-refractivity contribution in [1.29, 1.82) is 15.8 Å². The van der Waals surface area contributed by atoms with Crippen LogP contribution in [0.1, 0.15) is 66.9 Å².